The van der Waals surface area contributed by atoms with Gasteiger partial charge < -0.3 is 10.0 Å². The highest BCUT2D eigenvalue weighted by Crippen LogP contribution is 2.20. The van der Waals surface area contributed by atoms with E-state index < -0.39 is 5.97 Å². The monoisotopic (exact) mass is 327 g/mol. The Labute approximate surface area is 133 Å². The van der Waals surface area contributed by atoms with Crippen LogP contribution in [-0.2, 0) is 16.0 Å². The molecule has 0 bridgehead atoms. The molecule has 1 saturated heterocycles. The highest BCUT2D eigenvalue weighted by atomic mass is 35.5. The number of thioether (sulfide) groups is 1. The predicted molar refractivity (Wildman–Crippen MR) is 84.9 cm³/mol. The maximum atomic E-state index is 12.3. The molecule has 0 saturated carbocycles. The van der Waals surface area contributed by atoms with Crippen LogP contribution in [0.2, 0.25) is 5.02 Å². The Hall–Kier alpha value is -1.20. The molecular weight excluding hydrogens is 310 g/mol. The molecule has 1 fully saturated rings. The lowest BCUT2D eigenvalue weighted by atomic mass is 10.1. The molecule has 0 aromatic heterocycles. The van der Waals surface area contributed by atoms with Crippen LogP contribution in [0.1, 0.15) is 18.4 Å². The zero-order valence-corrected chi connectivity index (χ0v) is 13.2. The molecule has 0 radical (unpaired) electrons. The normalized spacial score (nSPS) is 18.5. The average molecular weight is 328 g/mol. The number of hydrogen-bond acceptors (Lipinski definition) is 3. The van der Waals surface area contributed by atoms with Gasteiger partial charge in [0.05, 0.1) is 12.5 Å². The second kappa shape index (κ2) is 7.71. The van der Waals surface area contributed by atoms with Crippen molar-refractivity contribution in [2.45, 2.75) is 25.3 Å². The first kappa shape index (κ1) is 16.2. The number of halogens is 1. The zero-order chi connectivity index (χ0) is 15.2. The van der Waals surface area contributed by atoms with Gasteiger partial charge in [-0.2, -0.15) is 11.8 Å². The molecule has 1 unspecified atom stereocenters. The second-order valence-corrected chi connectivity index (χ2v) is 6.63. The number of carboxylic acid groups (broad SMARTS) is 1. The number of aliphatic carboxylic acids is 1. The van der Waals surface area contributed by atoms with Crippen molar-refractivity contribution in [3.63, 3.8) is 0 Å². The fourth-order valence-electron chi connectivity index (χ4n) is 2.40. The summed E-state index contributed by atoms with van der Waals surface area (Å²) in [5, 5.41) is 9.62. The van der Waals surface area contributed by atoms with Crippen molar-refractivity contribution in [1.29, 1.82) is 0 Å². The number of amides is 1. The molecule has 2 rings (SSSR count). The Balaban J connectivity index is 1.91. The van der Waals surface area contributed by atoms with Crippen LogP contribution >= 0.6 is 23.4 Å². The molecule has 4 nitrogen and oxygen atoms in total. The van der Waals surface area contributed by atoms with E-state index >= 15 is 0 Å². The largest absolute Gasteiger partial charge is 0.481 e. The van der Waals surface area contributed by atoms with Crippen molar-refractivity contribution in [3.05, 3.63) is 34.9 Å². The van der Waals surface area contributed by atoms with E-state index in [1.807, 2.05) is 24.3 Å². The third kappa shape index (κ3) is 4.93. The molecule has 114 valence electrons. The number of rotatable bonds is 5. The van der Waals surface area contributed by atoms with Gasteiger partial charge in [0.2, 0.25) is 5.91 Å². The number of aryl methyl sites for hydroxylation is 1. The van der Waals surface area contributed by atoms with Crippen molar-refractivity contribution in [1.82, 2.24) is 4.90 Å². The van der Waals surface area contributed by atoms with E-state index in [1.165, 1.54) is 0 Å². The first-order chi connectivity index (χ1) is 10.1. The van der Waals surface area contributed by atoms with E-state index in [9.17, 15) is 9.59 Å². The fraction of sp³-hybridized carbons (Fsp3) is 0.467. The van der Waals surface area contributed by atoms with E-state index in [4.69, 9.17) is 16.7 Å². The van der Waals surface area contributed by atoms with Crippen LogP contribution in [0.15, 0.2) is 24.3 Å². The van der Waals surface area contributed by atoms with Crippen molar-refractivity contribution in [2.24, 2.45) is 0 Å². The van der Waals surface area contributed by atoms with Gasteiger partial charge in [-0.25, -0.2) is 0 Å². The number of carbonyl (C=O) groups is 2. The van der Waals surface area contributed by atoms with Gasteiger partial charge in [-0.3, -0.25) is 9.59 Å². The SMILES string of the molecule is O=C(O)CC1CSCCN1C(=O)CCc1ccc(Cl)cc1. The summed E-state index contributed by atoms with van der Waals surface area (Å²) in [6, 6.07) is 7.27. The summed E-state index contributed by atoms with van der Waals surface area (Å²) in [6.07, 6.45) is 1.08. The summed E-state index contributed by atoms with van der Waals surface area (Å²) < 4.78 is 0. The number of hydrogen-bond donors (Lipinski definition) is 1. The maximum Gasteiger partial charge on any atom is 0.305 e. The fourth-order valence-corrected chi connectivity index (χ4v) is 3.59. The summed E-state index contributed by atoms with van der Waals surface area (Å²) in [4.78, 5) is 25.0. The number of benzene rings is 1. The van der Waals surface area contributed by atoms with Gasteiger partial charge in [0.25, 0.3) is 0 Å². The molecule has 6 heteroatoms. The number of carboxylic acids is 1. The Morgan fingerprint density at radius 2 is 2.05 bits per heavy atom. The molecule has 1 N–H and O–H groups in total. The third-order valence-corrected chi connectivity index (χ3v) is 4.84. The summed E-state index contributed by atoms with van der Waals surface area (Å²) in [5.41, 5.74) is 1.06. The highest BCUT2D eigenvalue weighted by molar-refractivity contribution is 7.99. The summed E-state index contributed by atoms with van der Waals surface area (Å²) in [5.74, 6) is 0.774. The Morgan fingerprint density at radius 1 is 1.33 bits per heavy atom. The predicted octanol–water partition coefficient (Wildman–Crippen LogP) is 2.69. The lowest BCUT2D eigenvalue weighted by Crippen LogP contribution is -2.47. The standard InChI is InChI=1S/C15H18ClNO3S/c16-12-4-1-11(2-5-12)3-6-14(18)17-7-8-21-10-13(17)9-15(19)20/h1-2,4-5,13H,3,6-10H2,(H,19,20). The van der Waals surface area contributed by atoms with Crippen LogP contribution in [0.3, 0.4) is 0 Å². The van der Waals surface area contributed by atoms with Crippen LogP contribution in [0.5, 0.6) is 0 Å². The lowest BCUT2D eigenvalue weighted by molar-refractivity contribution is -0.140. The van der Waals surface area contributed by atoms with Crippen molar-refractivity contribution in [2.75, 3.05) is 18.1 Å². The minimum atomic E-state index is -0.849. The zero-order valence-electron chi connectivity index (χ0n) is 11.6. The summed E-state index contributed by atoms with van der Waals surface area (Å²) >= 11 is 7.54. The van der Waals surface area contributed by atoms with Gasteiger partial charge in [-0.15, -0.1) is 0 Å². The van der Waals surface area contributed by atoms with Crippen molar-refractivity contribution >= 4 is 35.2 Å². The Bertz CT molecular complexity index is 506. The summed E-state index contributed by atoms with van der Waals surface area (Å²) in [6.45, 7) is 0.641. The molecule has 1 atom stereocenters. The number of nitrogens with zero attached hydrogens (tertiary/aromatic N) is 1. The molecule has 1 heterocycles. The molecule has 0 aliphatic carbocycles. The summed E-state index contributed by atoms with van der Waals surface area (Å²) in [7, 11) is 0. The van der Waals surface area contributed by atoms with Crippen LogP contribution in [0.25, 0.3) is 0 Å². The van der Waals surface area contributed by atoms with E-state index in [2.05, 4.69) is 0 Å². The van der Waals surface area contributed by atoms with Crippen LogP contribution in [0, 0.1) is 0 Å². The third-order valence-electron chi connectivity index (χ3n) is 3.50. The molecule has 1 aliphatic rings. The minimum Gasteiger partial charge on any atom is -0.481 e. The van der Waals surface area contributed by atoms with Gasteiger partial charge in [0.15, 0.2) is 0 Å². The van der Waals surface area contributed by atoms with E-state index in [1.54, 1.807) is 16.7 Å². The molecule has 1 aromatic carbocycles. The van der Waals surface area contributed by atoms with E-state index in [-0.39, 0.29) is 18.4 Å². The van der Waals surface area contributed by atoms with Crippen LogP contribution in [-0.4, -0.2) is 46.0 Å². The maximum absolute atomic E-state index is 12.3. The van der Waals surface area contributed by atoms with Gasteiger partial charge in [0, 0.05) is 29.5 Å². The number of carbonyl (C=O) groups excluding carboxylic acids is 1. The van der Waals surface area contributed by atoms with Gasteiger partial charge in [-0.1, -0.05) is 23.7 Å². The van der Waals surface area contributed by atoms with Gasteiger partial charge in [0.1, 0.15) is 0 Å². The van der Waals surface area contributed by atoms with Crippen molar-refractivity contribution < 1.29 is 14.7 Å². The average Bonchev–Trinajstić information content (AvgIpc) is 2.46. The molecule has 21 heavy (non-hydrogen) atoms. The van der Waals surface area contributed by atoms with Crippen molar-refractivity contribution in [3.8, 4) is 0 Å². The van der Waals surface area contributed by atoms with Crippen LogP contribution < -0.4 is 0 Å². The Morgan fingerprint density at radius 3 is 2.71 bits per heavy atom. The first-order valence-electron chi connectivity index (χ1n) is 6.89. The minimum absolute atomic E-state index is 0.0275. The van der Waals surface area contributed by atoms with E-state index in [0.717, 1.165) is 11.3 Å². The molecule has 1 aromatic rings. The molecular formula is C15H18ClNO3S. The Kier molecular flexibility index (Phi) is 5.94. The molecule has 1 amide bonds. The second-order valence-electron chi connectivity index (χ2n) is 5.04. The molecule has 1 aliphatic heterocycles. The lowest BCUT2D eigenvalue weighted by Gasteiger charge is -2.34. The first-order valence-corrected chi connectivity index (χ1v) is 8.43. The molecule has 0 spiro atoms. The van der Waals surface area contributed by atoms with Gasteiger partial charge in [-0.05, 0) is 24.1 Å². The highest BCUT2D eigenvalue weighted by Gasteiger charge is 2.28. The topological polar surface area (TPSA) is 57.6 Å². The quantitative estimate of drug-likeness (QED) is 0.903. The van der Waals surface area contributed by atoms with Gasteiger partial charge >= 0.3 is 5.97 Å². The smallest absolute Gasteiger partial charge is 0.305 e. The van der Waals surface area contributed by atoms with Crippen LogP contribution in [0.4, 0.5) is 0 Å². The van der Waals surface area contributed by atoms with E-state index in [0.29, 0.717) is 30.2 Å².